The van der Waals surface area contributed by atoms with E-state index in [1.54, 1.807) is 6.07 Å². The van der Waals surface area contributed by atoms with E-state index >= 15 is 0 Å². The van der Waals surface area contributed by atoms with Crippen molar-refractivity contribution in [3.05, 3.63) is 29.6 Å². The highest BCUT2D eigenvalue weighted by Crippen LogP contribution is 2.26. The molecular formula is C10H11FO3S. The Morgan fingerprint density at radius 3 is 2.93 bits per heavy atom. The van der Waals surface area contributed by atoms with E-state index in [1.165, 1.54) is 19.2 Å². The number of hydrogen-bond acceptors (Lipinski definition) is 4. The van der Waals surface area contributed by atoms with Crippen LogP contribution in [0.5, 0.6) is 0 Å². The third-order valence-electron chi connectivity index (χ3n) is 1.78. The number of aliphatic hydroxyl groups is 1. The van der Waals surface area contributed by atoms with Crippen LogP contribution in [0.25, 0.3) is 0 Å². The van der Waals surface area contributed by atoms with Gasteiger partial charge in [0.25, 0.3) is 0 Å². The van der Waals surface area contributed by atoms with Crippen molar-refractivity contribution < 1.29 is 19.0 Å². The van der Waals surface area contributed by atoms with Crippen molar-refractivity contribution in [2.45, 2.75) is 11.5 Å². The largest absolute Gasteiger partial charge is 0.468 e. The van der Waals surface area contributed by atoms with Gasteiger partial charge in [0.05, 0.1) is 19.5 Å². The van der Waals surface area contributed by atoms with Crippen LogP contribution in [0.1, 0.15) is 5.56 Å². The molecule has 0 amide bonds. The Labute approximate surface area is 91.2 Å². The molecule has 0 aromatic heterocycles. The SMILES string of the molecule is COC(=O)CSc1c(F)cccc1CO. The number of benzene rings is 1. The molecule has 0 atom stereocenters. The normalized spacial score (nSPS) is 10.1. The molecule has 0 aliphatic heterocycles. The maximum Gasteiger partial charge on any atom is 0.315 e. The zero-order valence-corrected chi connectivity index (χ0v) is 9.01. The summed E-state index contributed by atoms with van der Waals surface area (Å²) < 4.78 is 17.7. The summed E-state index contributed by atoms with van der Waals surface area (Å²) >= 11 is 1.02. The molecule has 15 heavy (non-hydrogen) atoms. The first-order chi connectivity index (χ1) is 7.19. The van der Waals surface area contributed by atoms with Gasteiger partial charge in [-0.1, -0.05) is 12.1 Å². The molecule has 0 unspecified atom stereocenters. The highest BCUT2D eigenvalue weighted by atomic mass is 32.2. The van der Waals surface area contributed by atoms with E-state index in [2.05, 4.69) is 4.74 Å². The topological polar surface area (TPSA) is 46.5 Å². The molecule has 0 radical (unpaired) electrons. The maximum atomic E-state index is 13.3. The summed E-state index contributed by atoms with van der Waals surface area (Å²) in [5, 5.41) is 8.97. The molecule has 1 aromatic carbocycles. The monoisotopic (exact) mass is 230 g/mol. The highest BCUT2D eigenvalue weighted by Gasteiger charge is 2.10. The van der Waals surface area contributed by atoms with Gasteiger partial charge in [0.15, 0.2) is 0 Å². The lowest BCUT2D eigenvalue weighted by atomic mass is 10.2. The van der Waals surface area contributed by atoms with Gasteiger partial charge in [-0.05, 0) is 11.6 Å². The summed E-state index contributed by atoms with van der Waals surface area (Å²) in [6.07, 6.45) is 0. The van der Waals surface area contributed by atoms with Gasteiger partial charge in [0.1, 0.15) is 5.82 Å². The van der Waals surface area contributed by atoms with Gasteiger partial charge in [-0.2, -0.15) is 0 Å². The molecule has 0 saturated heterocycles. The summed E-state index contributed by atoms with van der Waals surface area (Å²) in [5.41, 5.74) is 0.476. The number of halogens is 1. The molecule has 3 nitrogen and oxygen atoms in total. The molecule has 0 heterocycles. The number of aliphatic hydroxyl groups excluding tert-OH is 1. The zero-order valence-electron chi connectivity index (χ0n) is 8.20. The lowest BCUT2D eigenvalue weighted by Gasteiger charge is -2.06. The van der Waals surface area contributed by atoms with Gasteiger partial charge in [0, 0.05) is 4.90 Å². The fourth-order valence-electron chi connectivity index (χ4n) is 1.03. The summed E-state index contributed by atoms with van der Waals surface area (Å²) in [7, 11) is 1.27. The van der Waals surface area contributed by atoms with E-state index in [1.807, 2.05) is 0 Å². The molecule has 82 valence electrons. The van der Waals surface area contributed by atoms with Crippen LogP contribution in [-0.4, -0.2) is 23.9 Å². The predicted octanol–water partition coefficient (Wildman–Crippen LogP) is 1.58. The van der Waals surface area contributed by atoms with Gasteiger partial charge in [-0.3, -0.25) is 4.79 Å². The van der Waals surface area contributed by atoms with Crippen molar-refractivity contribution in [3.8, 4) is 0 Å². The number of methoxy groups -OCH3 is 1. The Bertz CT molecular complexity index is 355. The van der Waals surface area contributed by atoms with Crippen molar-refractivity contribution in [3.63, 3.8) is 0 Å². The molecule has 1 N–H and O–H groups in total. The van der Waals surface area contributed by atoms with Gasteiger partial charge in [-0.15, -0.1) is 11.8 Å². The minimum atomic E-state index is -0.435. The average molecular weight is 230 g/mol. The van der Waals surface area contributed by atoms with Crippen LogP contribution in [0, 0.1) is 5.82 Å². The third kappa shape index (κ3) is 3.21. The summed E-state index contributed by atoms with van der Waals surface area (Å²) in [6, 6.07) is 4.42. The number of carbonyl (C=O) groups excluding carboxylic acids is 1. The minimum absolute atomic E-state index is 0.0322. The van der Waals surface area contributed by atoms with E-state index in [-0.39, 0.29) is 12.4 Å². The van der Waals surface area contributed by atoms with E-state index in [4.69, 9.17) is 5.11 Å². The van der Waals surface area contributed by atoms with E-state index in [0.29, 0.717) is 10.5 Å². The number of hydrogen-bond donors (Lipinski definition) is 1. The summed E-state index contributed by atoms with van der Waals surface area (Å²) in [6.45, 7) is -0.249. The van der Waals surface area contributed by atoms with Gasteiger partial charge < -0.3 is 9.84 Å². The van der Waals surface area contributed by atoms with Crippen LogP contribution >= 0.6 is 11.8 Å². The molecule has 1 rings (SSSR count). The summed E-state index contributed by atoms with van der Waals surface area (Å²) in [5.74, 6) is -0.827. The van der Waals surface area contributed by atoms with E-state index < -0.39 is 11.8 Å². The summed E-state index contributed by atoms with van der Waals surface area (Å²) in [4.78, 5) is 11.2. The Balaban J connectivity index is 2.78. The van der Waals surface area contributed by atoms with E-state index in [9.17, 15) is 9.18 Å². The van der Waals surface area contributed by atoms with Crippen LogP contribution in [0.15, 0.2) is 23.1 Å². The second-order valence-electron chi connectivity index (χ2n) is 2.75. The zero-order chi connectivity index (χ0) is 11.3. The average Bonchev–Trinajstić information content (AvgIpc) is 2.26. The van der Waals surface area contributed by atoms with Crippen LogP contribution in [0.4, 0.5) is 4.39 Å². The van der Waals surface area contributed by atoms with Crippen LogP contribution < -0.4 is 0 Å². The lowest BCUT2D eigenvalue weighted by molar-refractivity contribution is -0.137. The third-order valence-corrected chi connectivity index (χ3v) is 2.91. The molecule has 1 aromatic rings. The Morgan fingerprint density at radius 2 is 2.33 bits per heavy atom. The lowest BCUT2D eigenvalue weighted by Crippen LogP contribution is -2.04. The fraction of sp³-hybridized carbons (Fsp3) is 0.300. The predicted molar refractivity (Wildman–Crippen MR) is 55.1 cm³/mol. The van der Waals surface area contributed by atoms with E-state index in [0.717, 1.165) is 11.8 Å². The van der Waals surface area contributed by atoms with Gasteiger partial charge in [-0.25, -0.2) is 4.39 Å². The molecule has 0 aliphatic carbocycles. The number of thioether (sulfide) groups is 1. The smallest absolute Gasteiger partial charge is 0.315 e. The second-order valence-corrected chi connectivity index (χ2v) is 3.74. The van der Waals surface area contributed by atoms with Crippen LogP contribution in [0.3, 0.4) is 0 Å². The second kappa shape index (κ2) is 5.72. The van der Waals surface area contributed by atoms with Crippen molar-refractivity contribution in [1.29, 1.82) is 0 Å². The number of ether oxygens (including phenoxy) is 1. The Kier molecular flexibility index (Phi) is 4.58. The molecule has 0 bridgehead atoms. The molecule has 0 saturated carbocycles. The van der Waals surface area contributed by atoms with Crippen molar-refractivity contribution in [1.82, 2.24) is 0 Å². The molecule has 5 heteroatoms. The first kappa shape index (κ1) is 12.0. The molecule has 0 spiro atoms. The Hall–Kier alpha value is -1.07. The number of rotatable bonds is 4. The minimum Gasteiger partial charge on any atom is -0.468 e. The molecular weight excluding hydrogens is 219 g/mol. The maximum absolute atomic E-state index is 13.3. The van der Waals surface area contributed by atoms with Crippen LogP contribution in [0.2, 0.25) is 0 Å². The van der Waals surface area contributed by atoms with Gasteiger partial charge >= 0.3 is 5.97 Å². The quantitative estimate of drug-likeness (QED) is 0.630. The van der Waals surface area contributed by atoms with Crippen molar-refractivity contribution in [2.75, 3.05) is 12.9 Å². The number of esters is 1. The fourth-order valence-corrected chi connectivity index (χ4v) is 1.93. The first-order valence-corrected chi connectivity index (χ1v) is 5.25. The molecule has 0 fully saturated rings. The van der Waals surface area contributed by atoms with Crippen molar-refractivity contribution >= 4 is 17.7 Å². The first-order valence-electron chi connectivity index (χ1n) is 4.27. The van der Waals surface area contributed by atoms with Gasteiger partial charge in [0.2, 0.25) is 0 Å². The molecule has 0 aliphatic rings. The van der Waals surface area contributed by atoms with Crippen LogP contribution in [-0.2, 0) is 16.1 Å². The number of carbonyl (C=O) groups is 1. The Morgan fingerprint density at radius 1 is 1.60 bits per heavy atom. The van der Waals surface area contributed by atoms with Crippen molar-refractivity contribution in [2.24, 2.45) is 0 Å². The highest BCUT2D eigenvalue weighted by molar-refractivity contribution is 8.00. The standard InChI is InChI=1S/C10H11FO3S/c1-14-9(13)6-15-10-7(5-12)3-2-4-8(10)11/h2-4,12H,5-6H2,1H3.